The van der Waals surface area contributed by atoms with Crippen LogP contribution in [0, 0.1) is 29.8 Å². The molecule has 9 heteroatoms. The fraction of sp³-hybridized carbons (Fsp3) is 0.0909. The van der Waals surface area contributed by atoms with Gasteiger partial charge in [0, 0.05) is 21.5 Å². The number of aryl methyl sites for hydroxylation is 1. The third kappa shape index (κ3) is 2.82. The molecular formula is C22H9F3N4OS. The van der Waals surface area contributed by atoms with Crippen molar-refractivity contribution in [2.75, 3.05) is 0 Å². The van der Waals surface area contributed by atoms with Gasteiger partial charge in [-0.1, -0.05) is 17.7 Å². The lowest BCUT2D eigenvalue weighted by atomic mass is 10.1. The number of alkyl halides is 3. The molecule has 0 saturated carbocycles. The average molecular weight is 434 g/mol. The molecule has 0 N–H and O–H groups in total. The third-order valence-corrected chi connectivity index (χ3v) is 6.31. The summed E-state index contributed by atoms with van der Waals surface area (Å²) in [6.07, 6.45) is -1.24. The average Bonchev–Trinajstić information content (AvgIpc) is 3.29. The Morgan fingerprint density at radius 2 is 1.39 bits per heavy atom. The Morgan fingerprint density at radius 3 is 1.94 bits per heavy atom. The molecule has 0 unspecified atom stereocenters. The highest BCUT2D eigenvalue weighted by Gasteiger charge is 2.31. The van der Waals surface area contributed by atoms with Gasteiger partial charge >= 0.3 is 6.36 Å². The number of hydrogen-bond acceptors (Lipinski definition) is 6. The van der Waals surface area contributed by atoms with Crippen LogP contribution in [0.5, 0.6) is 5.75 Å². The number of nitrogens with zero attached hydrogens (tertiary/aromatic N) is 4. The van der Waals surface area contributed by atoms with Gasteiger partial charge in [0.25, 0.3) is 0 Å². The van der Waals surface area contributed by atoms with E-state index in [-0.39, 0.29) is 11.1 Å². The molecule has 150 valence electrons. The number of ether oxygens (including phenoxy) is 1. The summed E-state index contributed by atoms with van der Waals surface area (Å²) < 4.78 is 43.6. The molecule has 1 heterocycles. The summed E-state index contributed by atoms with van der Waals surface area (Å²) in [5.74, 6) is -0.383. The van der Waals surface area contributed by atoms with Crippen molar-refractivity contribution in [1.82, 2.24) is 0 Å². The monoisotopic (exact) mass is 434 g/mol. The number of halogens is 3. The summed E-state index contributed by atoms with van der Waals surface area (Å²) in [5, 5.41) is 23.6. The van der Waals surface area contributed by atoms with Crippen LogP contribution in [0.3, 0.4) is 0 Å². The fourth-order valence-corrected chi connectivity index (χ4v) is 5.39. The summed E-state index contributed by atoms with van der Waals surface area (Å²) >= 11 is 1.32. The van der Waals surface area contributed by atoms with Gasteiger partial charge in [-0.25, -0.2) is 0 Å². The van der Waals surface area contributed by atoms with Crippen LogP contribution in [0.25, 0.3) is 41.7 Å². The lowest BCUT2D eigenvalue weighted by Crippen LogP contribution is -2.17. The van der Waals surface area contributed by atoms with Gasteiger partial charge in [-0.15, -0.1) is 24.5 Å². The first-order chi connectivity index (χ1) is 14.8. The van der Waals surface area contributed by atoms with Crippen LogP contribution < -0.4 is 15.5 Å². The second kappa shape index (κ2) is 6.53. The summed E-state index contributed by atoms with van der Waals surface area (Å²) in [4.78, 5) is 7.91. The molecule has 0 aliphatic rings. The van der Waals surface area contributed by atoms with Gasteiger partial charge in [0.2, 0.25) is 12.4 Å². The zero-order chi connectivity index (χ0) is 21.9. The fourth-order valence-electron chi connectivity index (χ4n) is 4.05. The summed E-state index contributed by atoms with van der Waals surface area (Å²) in [6.45, 7) is 1.94. The Balaban J connectivity index is 2.00. The summed E-state index contributed by atoms with van der Waals surface area (Å²) in [6, 6.07) is 9.86. The van der Waals surface area contributed by atoms with Gasteiger partial charge in [0.15, 0.2) is 0 Å². The maximum atomic E-state index is 12.7. The Kier molecular flexibility index (Phi) is 4.01. The number of nitriles is 2. The Morgan fingerprint density at radius 1 is 0.839 bits per heavy atom. The lowest BCUT2D eigenvalue weighted by Gasteiger charge is -2.08. The SMILES string of the molecule is Cc1ccc2c(c1)c(=NC#N)c1sc3c(=NC#N)c4cc(OC(F)(F)F)ccc4c3c12. The number of thiophene rings is 1. The molecule has 0 aliphatic heterocycles. The van der Waals surface area contributed by atoms with E-state index in [9.17, 15) is 23.7 Å². The molecule has 0 aliphatic carbocycles. The quantitative estimate of drug-likeness (QED) is 0.340. The molecule has 0 radical (unpaired) electrons. The van der Waals surface area contributed by atoms with E-state index >= 15 is 0 Å². The van der Waals surface area contributed by atoms with E-state index < -0.39 is 6.36 Å². The minimum absolute atomic E-state index is 0.282. The van der Waals surface area contributed by atoms with Crippen molar-refractivity contribution in [3.63, 3.8) is 0 Å². The number of rotatable bonds is 1. The highest BCUT2D eigenvalue weighted by molar-refractivity contribution is 7.26. The van der Waals surface area contributed by atoms with E-state index in [0.29, 0.717) is 20.8 Å². The first kappa shape index (κ1) is 19.0. The minimum Gasteiger partial charge on any atom is -0.406 e. The van der Waals surface area contributed by atoms with Crippen molar-refractivity contribution in [2.45, 2.75) is 13.3 Å². The molecule has 0 atom stereocenters. The molecule has 5 nitrogen and oxygen atoms in total. The van der Waals surface area contributed by atoms with Gasteiger partial charge in [0.1, 0.15) is 16.5 Å². The highest BCUT2D eigenvalue weighted by atomic mass is 32.1. The molecule has 4 aromatic carbocycles. The van der Waals surface area contributed by atoms with E-state index in [1.165, 1.54) is 29.5 Å². The van der Waals surface area contributed by atoms with Crippen molar-refractivity contribution in [3.8, 4) is 18.1 Å². The Hall–Kier alpha value is -3.95. The third-order valence-electron chi connectivity index (χ3n) is 5.11. The topological polar surface area (TPSA) is 81.5 Å². The van der Waals surface area contributed by atoms with Crippen LogP contribution in [0.15, 0.2) is 46.4 Å². The smallest absolute Gasteiger partial charge is 0.406 e. The normalized spacial score (nSPS) is 13.5. The van der Waals surface area contributed by atoms with Crippen molar-refractivity contribution in [1.29, 1.82) is 10.5 Å². The van der Waals surface area contributed by atoms with Crippen molar-refractivity contribution < 1.29 is 17.9 Å². The van der Waals surface area contributed by atoms with E-state index in [0.717, 1.165) is 31.8 Å². The number of fused-ring (bicyclic) bond motifs is 7. The standard InChI is InChI=1S/C22H9F3N4OS/c1-10-2-4-12-14(6-10)18(28-8-26)20-16(12)17-13-5-3-11(30-22(23,24)25)7-15(13)19(29-9-27)21(17)31-20/h2-7H,1H3. The zero-order valence-electron chi connectivity index (χ0n) is 15.7. The van der Waals surface area contributed by atoms with Crippen LogP contribution >= 0.6 is 11.3 Å². The molecule has 0 spiro atoms. The second-order valence-electron chi connectivity index (χ2n) is 6.94. The van der Waals surface area contributed by atoms with Crippen LogP contribution in [-0.4, -0.2) is 6.36 Å². The van der Waals surface area contributed by atoms with E-state index in [4.69, 9.17) is 0 Å². The van der Waals surface area contributed by atoms with E-state index in [1.54, 1.807) is 6.19 Å². The largest absolute Gasteiger partial charge is 0.573 e. The predicted molar refractivity (Wildman–Crippen MR) is 110 cm³/mol. The van der Waals surface area contributed by atoms with Gasteiger partial charge < -0.3 is 4.74 Å². The van der Waals surface area contributed by atoms with Gasteiger partial charge in [-0.3, -0.25) is 0 Å². The Bertz CT molecular complexity index is 1740. The van der Waals surface area contributed by atoms with Crippen LogP contribution in [-0.2, 0) is 0 Å². The molecule has 5 rings (SSSR count). The molecule has 0 bridgehead atoms. The molecule has 5 aromatic rings. The Labute approximate surface area is 175 Å². The lowest BCUT2D eigenvalue weighted by molar-refractivity contribution is -0.274. The predicted octanol–water partition coefficient (Wildman–Crippen LogP) is 5.21. The van der Waals surface area contributed by atoms with Gasteiger partial charge in [0.05, 0.1) is 9.40 Å². The molecular weight excluding hydrogens is 425 g/mol. The number of benzene rings is 2. The maximum absolute atomic E-state index is 12.7. The van der Waals surface area contributed by atoms with Crippen LogP contribution in [0.2, 0.25) is 0 Å². The van der Waals surface area contributed by atoms with Gasteiger partial charge in [-0.2, -0.15) is 20.5 Å². The zero-order valence-corrected chi connectivity index (χ0v) is 16.5. The molecule has 0 amide bonds. The first-order valence-electron chi connectivity index (χ1n) is 8.95. The summed E-state index contributed by atoms with van der Waals surface area (Å²) in [7, 11) is 0. The van der Waals surface area contributed by atoms with Crippen molar-refractivity contribution in [3.05, 3.63) is 52.7 Å². The van der Waals surface area contributed by atoms with E-state index in [2.05, 4.69) is 14.7 Å². The van der Waals surface area contributed by atoms with Crippen LogP contribution in [0.1, 0.15) is 5.56 Å². The molecule has 0 saturated heterocycles. The second-order valence-corrected chi connectivity index (χ2v) is 7.96. The maximum Gasteiger partial charge on any atom is 0.573 e. The molecule has 1 aromatic heterocycles. The van der Waals surface area contributed by atoms with Gasteiger partial charge in [-0.05, 0) is 42.0 Å². The highest BCUT2D eigenvalue weighted by Crippen LogP contribution is 2.42. The van der Waals surface area contributed by atoms with E-state index in [1.807, 2.05) is 31.3 Å². The summed E-state index contributed by atoms with van der Waals surface area (Å²) in [5.41, 5.74) is 1.01. The molecule has 31 heavy (non-hydrogen) atoms. The van der Waals surface area contributed by atoms with Crippen LogP contribution in [0.4, 0.5) is 13.2 Å². The first-order valence-corrected chi connectivity index (χ1v) is 9.77. The van der Waals surface area contributed by atoms with Crippen molar-refractivity contribution in [2.24, 2.45) is 9.98 Å². The van der Waals surface area contributed by atoms with Crippen molar-refractivity contribution >= 4 is 53.1 Å². The minimum atomic E-state index is -4.83. The number of hydrogen-bond donors (Lipinski definition) is 0. The molecule has 0 fully saturated rings.